The Morgan fingerprint density at radius 3 is 1.72 bits per heavy atom. The summed E-state index contributed by atoms with van der Waals surface area (Å²) in [7, 11) is -2.87. The van der Waals surface area contributed by atoms with Crippen molar-refractivity contribution in [3.8, 4) is 5.75 Å². The molecule has 1 atom stereocenters. The molecule has 1 aliphatic rings. The van der Waals surface area contributed by atoms with E-state index < -0.39 is 14.4 Å². The van der Waals surface area contributed by atoms with E-state index in [1.54, 1.807) is 4.90 Å². The highest BCUT2D eigenvalue weighted by Crippen LogP contribution is 2.42. The highest BCUT2D eigenvalue weighted by Gasteiger charge is 2.52. The lowest BCUT2D eigenvalue weighted by molar-refractivity contribution is -0.121. The van der Waals surface area contributed by atoms with Gasteiger partial charge in [0.05, 0.1) is 18.0 Å². The Hall–Kier alpha value is -4.94. The number of para-hydroxylation sites is 2. The molecule has 0 saturated heterocycles. The van der Waals surface area contributed by atoms with Gasteiger partial charge in [0, 0.05) is 12.3 Å². The van der Waals surface area contributed by atoms with E-state index in [-0.39, 0.29) is 23.3 Å². The first-order chi connectivity index (χ1) is 22.8. The van der Waals surface area contributed by atoms with Crippen molar-refractivity contribution in [2.45, 2.75) is 51.0 Å². The zero-order chi connectivity index (χ0) is 32.9. The van der Waals surface area contributed by atoms with Gasteiger partial charge in [-0.15, -0.1) is 0 Å². The average Bonchev–Trinajstić information content (AvgIpc) is 3.09. The summed E-state index contributed by atoms with van der Waals surface area (Å²) in [6.07, 6.45) is 0.966. The van der Waals surface area contributed by atoms with Crippen LogP contribution in [0.4, 0.5) is 16.2 Å². The predicted molar refractivity (Wildman–Crippen MR) is 192 cm³/mol. The van der Waals surface area contributed by atoms with Crippen LogP contribution in [0.5, 0.6) is 5.75 Å². The van der Waals surface area contributed by atoms with E-state index in [2.05, 4.69) is 75.4 Å². The Morgan fingerprint density at radius 2 is 1.21 bits per heavy atom. The van der Waals surface area contributed by atoms with Crippen molar-refractivity contribution in [2.75, 3.05) is 11.5 Å². The van der Waals surface area contributed by atoms with Gasteiger partial charge in [0.15, 0.2) is 0 Å². The zero-order valence-corrected chi connectivity index (χ0v) is 28.3. The minimum Gasteiger partial charge on any atom is -0.534 e. The maximum absolute atomic E-state index is 13.5. The molecule has 238 valence electrons. The molecule has 0 saturated carbocycles. The molecule has 0 bridgehead atoms. The number of amides is 1. The van der Waals surface area contributed by atoms with Gasteiger partial charge in [-0.05, 0) is 69.7 Å². The van der Waals surface area contributed by atoms with E-state index >= 15 is 0 Å². The number of carbonyl (C=O) groups excluding carboxylic acids is 2. The van der Waals surface area contributed by atoms with Gasteiger partial charge in [0.1, 0.15) is 11.5 Å². The SMILES string of the molecule is CC(C)(C)[Si](Oc1cccc2c1CCC(=O)C2CCOC(=O)N(c1ccccc1)c1ccccc1)(c1ccccc1)c1ccccc1. The van der Waals surface area contributed by atoms with Crippen LogP contribution in [0.3, 0.4) is 0 Å². The Labute approximate surface area is 278 Å². The summed E-state index contributed by atoms with van der Waals surface area (Å²) < 4.78 is 13.3. The fourth-order valence-electron chi connectivity index (χ4n) is 6.84. The number of hydrogen-bond acceptors (Lipinski definition) is 4. The summed E-state index contributed by atoms with van der Waals surface area (Å²) in [5, 5.41) is 2.21. The number of Topliss-reactive ketones (excluding diaryl/α,β-unsaturated/α-hetero) is 1. The molecule has 1 amide bonds. The van der Waals surface area contributed by atoms with Crippen LogP contribution >= 0.6 is 0 Å². The number of benzene rings is 5. The van der Waals surface area contributed by atoms with Crippen LogP contribution in [-0.2, 0) is 16.0 Å². The molecule has 0 aromatic heterocycles. The van der Waals surface area contributed by atoms with Gasteiger partial charge >= 0.3 is 14.4 Å². The lowest BCUT2D eigenvalue weighted by Gasteiger charge is -2.43. The first-order valence-corrected chi connectivity index (χ1v) is 18.2. The van der Waals surface area contributed by atoms with E-state index in [0.29, 0.717) is 30.6 Å². The second kappa shape index (κ2) is 13.8. The molecule has 0 fully saturated rings. The summed E-state index contributed by atoms with van der Waals surface area (Å²) in [4.78, 5) is 28.5. The first-order valence-electron chi connectivity index (χ1n) is 16.3. The molecule has 0 aliphatic heterocycles. The second-order valence-electron chi connectivity index (χ2n) is 13.0. The van der Waals surface area contributed by atoms with Gasteiger partial charge in [0.2, 0.25) is 0 Å². The Balaban J connectivity index is 1.29. The fourth-order valence-corrected chi connectivity index (χ4v) is 11.3. The van der Waals surface area contributed by atoms with Crippen LogP contribution in [0.2, 0.25) is 5.04 Å². The van der Waals surface area contributed by atoms with Crippen molar-refractivity contribution >= 4 is 41.9 Å². The molecule has 5 aromatic carbocycles. The van der Waals surface area contributed by atoms with Crippen LogP contribution < -0.4 is 19.7 Å². The van der Waals surface area contributed by atoms with Crippen LogP contribution in [0.15, 0.2) is 140 Å². The number of carbonyl (C=O) groups is 2. The maximum Gasteiger partial charge on any atom is 0.418 e. The molecule has 1 unspecified atom stereocenters. The molecule has 6 heteroatoms. The van der Waals surface area contributed by atoms with Crippen molar-refractivity contribution in [3.05, 3.63) is 151 Å². The van der Waals surface area contributed by atoms with Gasteiger partial charge in [0.25, 0.3) is 0 Å². The minimum atomic E-state index is -2.87. The third kappa shape index (κ3) is 6.51. The van der Waals surface area contributed by atoms with Gasteiger partial charge in [-0.2, -0.15) is 0 Å². The topological polar surface area (TPSA) is 55.8 Å². The van der Waals surface area contributed by atoms with Crippen molar-refractivity contribution in [1.82, 2.24) is 0 Å². The zero-order valence-electron chi connectivity index (χ0n) is 27.3. The van der Waals surface area contributed by atoms with E-state index in [0.717, 1.165) is 16.9 Å². The predicted octanol–water partition coefficient (Wildman–Crippen LogP) is 8.59. The number of rotatable bonds is 9. The van der Waals surface area contributed by atoms with Gasteiger partial charge < -0.3 is 9.16 Å². The quantitative estimate of drug-likeness (QED) is 0.152. The molecule has 0 heterocycles. The Morgan fingerprint density at radius 1 is 0.702 bits per heavy atom. The Bertz CT molecular complexity index is 1730. The highest BCUT2D eigenvalue weighted by atomic mass is 28.4. The van der Waals surface area contributed by atoms with E-state index in [4.69, 9.17) is 9.16 Å². The molecule has 0 radical (unpaired) electrons. The molecule has 0 N–H and O–H groups in total. The number of fused-ring (bicyclic) bond motifs is 1. The first kappa shape index (κ1) is 32.0. The second-order valence-corrected chi connectivity index (χ2v) is 17.2. The average molecular weight is 640 g/mol. The lowest BCUT2D eigenvalue weighted by atomic mass is 9.80. The number of hydrogen-bond donors (Lipinski definition) is 0. The number of anilines is 2. The number of ketones is 1. The summed E-state index contributed by atoms with van der Waals surface area (Å²) in [6, 6.07) is 46.2. The summed E-state index contributed by atoms with van der Waals surface area (Å²) >= 11 is 0. The van der Waals surface area contributed by atoms with E-state index in [1.165, 1.54) is 10.4 Å². The fraction of sp³-hybridized carbons (Fsp3) is 0.220. The molecular formula is C41H41NO4Si. The van der Waals surface area contributed by atoms with Crippen LogP contribution in [-0.4, -0.2) is 26.8 Å². The summed E-state index contributed by atoms with van der Waals surface area (Å²) in [5.74, 6) is 0.626. The van der Waals surface area contributed by atoms with Crippen LogP contribution in [0.1, 0.15) is 50.7 Å². The van der Waals surface area contributed by atoms with Crippen molar-refractivity contribution < 1.29 is 18.8 Å². The minimum absolute atomic E-state index is 0.116. The summed E-state index contributed by atoms with van der Waals surface area (Å²) in [5.41, 5.74) is 3.48. The largest absolute Gasteiger partial charge is 0.534 e. The monoisotopic (exact) mass is 639 g/mol. The van der Waals surface area contributed by atoms with E-state index in [1.807, 2.05) is 84.9 Å². The van der Waals surface area contributed by atoms with Crippen LogP contribution in [0.25, 0.3) is 0 Å². The molecule has 47 heavy (non-hydrogen) atoms. The van der Waals surface area contributed by atoms with Gasteiger partial charge in [-0.25, -0.2) is 9.69 Å². The number of nitrogens with zero attached hydrogens (tertiary/aromatic N) is 1. The smallest absolute Gasteiger partial charge is 0.418 e. The molecule has 5 aromatic rings. The molecule has 5 nitrogen and oxygen atoms in total. The Kier molecular flexibility index (Phi) is 9.41. The lowest BCUT2D eigenvalue weighted by Crippen LogP contribution is -2.69. The summed E-state index contributed by atoms with van der Waals surface area (Å²) in [6.45, 7) is 6.92. The molecule has 0 spiro atoms. The van der Waals surface area contributed by atoms with Gasteiger partial charge in [-0.1, -0.05) is 130 Å². The highest BCUT2D eigenvalue weighted by molar-refractivity contribution is 7.00. The van der Waals surface area contributed by atoms with Crippen LogP contribution in [0, 0.1) is 0 Å². The van der Waals surface area contributed by atoms with Crippen molar-refractivity contribution in [3.63, 3.8) is 0 Å². The van der Waals surface area contributed by atoms with Gasteiger partial charge in [-0.3, -0.25) is 4.79 Å². The molecule has 1 aliphatic carbocycles. The molecule has 6 rings (SSSR count). The third-order valence-electron chi connectivity index (χ3n) is 9.08. The maximum atomic E-state index is 13.5. The molecular weight excluding hydrogens is 599 g/mol. The van der Waals surface area contributed by atoms with E-state index in [9.17, 15) is 9.59 Å². The van der Waals surface area contributed by atoms with Crippen molar-refractivity contribution in [2.24, 2.45) is 0 Å². The van der Waals surface area contributed by atoms with Crippen molar-refractivity contribution in [1.29, 1.82) is 0 Å². The number of ether oxygens (including phenoxy) is 1. The normalized spacial score (nSPS) is 14.6. The standard InChI is InChI=1S/C41H41NO4Si/c1-41(2,3)47(33-21-12-6-13-22-33,34-23-14-7-15-24-34)46-39-26-16-25-35-36(38(43)28-27-37(35)39)29-30-45-40(44)42(31-17-8-4-9-18-31)32-19-10-5-11-20-32/h4-26,36H,27-30H2,1-3H3. The third-order valence-corrected chi connectivity index (χ3v) is 14.0.